The number of ether oxygens (including phenoxy) is 1. The third kappa shape index (κ3) is 5.57. The zero-order valence-electron chi connectivity index (χ0n) is 17.8. The molecule has 0 atom stereocenters. The maximum absolute atomic E-state index is 13.1. The number of halogens is 3. The van der Waals surface area contributed by atoms with E-state index in [-0.39, 0.29) is 11.4 Å². The minimum Gasteiger partial charge on any atom is -0.488 e. The fourth-order valence-corrected chi connectivity index (χ4v) is 4.15. The Balaban J connectivity index is 1.59. The maximum atomic E-state index is 13.1. The highest BCUT2D eigenvalue weighted by Gasteiger charge is 2.11. The first-order valence-corrected chi connectivity index (χ1v) is 12.0. The molecule has 0 saturated heterocycles. The second-order valence-electron chi connectivity index (χ2n) is 7.41. The van der Waals surface area contributed by atoms with E-state index in [1.165, 1.54) is 16.8 Å². The smallest absolute Gasteiger partial charge is 0.282 e. The average molecular weight is 573 g/mol. The highest BCUT2D eigenvalue weighted by molar-refractivity contribution is 9.10. The second kappa shape index (κ2) is 10.4. The summed E-state index contributed by atoms with van der Waals surface area (Å²) in [6.07, 6.45) is 3.11. The molecule has 8 heteroatoms. The Bertz CT molecular complexity index is 1390. The summed E-state index contributed by atoms with van der Waals surface area (Å²) >= 11 is 6.93. The lowest BCUT2D eigenvalue weighted by Crippen LogP contribution is -2.22. The molecule has 5 nitrogen and oxygen atoms in total. The third-order valence-electron chi connectivity index (χ3n) is 4.93. The van der Waals surface area contributed by atoms with E-state index < -0.39 is 0 Å². The largest absolute Gasteiger partial charge is 0.488 e. The van der Waals surface area contributed by atoms with Crippen LogP contribution < -0.4 is 10.3 Å². The normalized spacial score (nSPS) is 11.4. The number of aromatic nitrogens is 2. The van der Waals surface area contributed by atoms with E-state index in [0.29, 0.717) is 35.5 Å². The Morgan fingerprint density at radius 2 is 1.88 bits per heavy atom. The van der Waals surface area contributed by atoms with Crippen molar-refractivity contribution >= 4 is 49.0 Å². The van der Waals surface area contributed by atoms with Crippen molar-refractivity contribution in [1.29, 1.82) is 0 Å². The number of hydrogen-bond acceptors (Lipinski definition) is 4. The fraction of sp³-hybridized carbons (Fsp3) is 0.160. The summed E-state index contributed by atoms with van der Waals surface area (Å²) in [7, 11) is 0. The lowest BCUT2D eigenvalue weighted by Gasteiger charge is -2.10. The van der Waals surface area contributed by atoms with Crippen molar-refractivity contribution in [2.24, 2.45) is 5.10 Å². The maximum Gasteiger partial charge on any atom is 0.282 e. The van der Waals surface area contributed by atoms with Crippen molar-refractivity contribution in [3.05, 3.63) is 103 Å². The number of fused-ring (bicyclic) bond motifs is 1. The van der Waals surface area contributed by atoms with E-state index in [4.69, 9.17) is 4.74 Å². The van der Waals surface area contributed by atoms with E-state index in [9.17, 15) is 9.18 Å². The molecule has 0 N–H and O–H groups in total. The van der Waals surface area contributed by atoms with E-state index in [2.05, 4.69) is 41.9 Å². The van der Waals surface area contributed by atoms with Gasteiger partial charge in [0.25, 0.3) is 5.56 Å². The van der Waals surface area contributed by atoms with Crippen molar-refractivity contribution in [2.75, 3.05) is 0 Å². The Kier molecular flexibility index (Phi) is 7.35. The van der Waals surface area contributed by atoms with Crippen molar-refractivity contribution in [1.82, 2.24) is 9.66 Å². The van der Waals surface area contributed by atoms with Gasteiger partial charge >= 0.3 is 0 Å². The van der Waals surface area contributed by atoms with E-state index in [1.807, 2.05) is 37.3 Å². The molecular weight excluding hydrogens is 553 g/mol. The lowest BCUT2D eigenvalue weighted by atomic mass is 10.2. The van der Waals surface area contributed by atoms with Crippen LogP contribution in [0.2, 0.25) is 0 Å². The molecule has 168 valence electrons. The minimum atomic E-state index is -0.279. The highest BCUT2D eigenvalue weighted by atomic mass is 79.9. The Labute approximate surface area is 207 Å². The summed E-state index contributed by atoms with van der Waals surface area (Å²) in [4.78, 5) is 17.7. The van der Waals surface area contributed by atoms with Crippen molar-refractivity contribution in [3.63, 3.8) is 0 Å². The zero-order valence-corrected chi connectivity index (χ0v) is 20.9. The molecule has 0 spiro atoms. The van der Waals surface area contributed by atoms with Gasteiger partial charge < -0.3 is 4.74 Å². The molecule has 0 aliphatic rings. The first-order chi connectivity index (χ1) is 15.9. The summed E-state index contributed by atoms with van der Waals surface area (Å²) in [6.45, 7) is 2.36. The van der Waals surface area contributed by atoms with E-state index >= 15 is 0 Å². The molecule has 1 aromatic heterocycles. The molecule has 0 amide bonds. The van der Waals surface area contributed by atoms with Crippen LogP contribution in [0.5, 0.6) is 5.75 Å². The molecule has 0 fully saturated rings. The Morgan fingerprint density at radius 3 is 2.61 bits per heavy atom. The molecule has 0 unspecified atom stereocenters. The summed E-state index contributed by atoms with van der Waals surface area (Å²) in [5, 5.41) is 4.96. The van der Waals surface area contributed by atoms with Gasteiger partial charge in [-0.3, -0.25) is 4.79 Å². The van der Waals surface area contributed by atoms with Gasteiger partial charge in [0.15, 0.2) is 0 Å². The number of nitrogens with zero attached hydrogens (tertiary/aromatic N) is 3. The molecule has 0 saturated carbocycles. The van der Waals surface area contributed by atoms with Crippen LogP contribution >= 0.6 is 31.9 Å². The zero-order chi connectivity index (χ0) is 23.4. The van der Waals surface area contributed by atoms with Gasteiger partial charge in [-0.1, -0.05) is 35.0 Å². The topological polar surface area (TPSA) is 56.5 Å². The van der Waals surface area contributed by atoms with Gasteiger partial charge in [-0.25, -0.2) is 9.37 Å². The Hall–Kier alpha value is -2.84. The van der Waals surface area contributed by atoms with Gasteiger partial charge in [-0.05, 0) is 82.0 Å². The minimum absolute atomic E-state index is 0.209. The molecule has 0 radical (unpaired) electrons. The van der Waals surface area contributed by atoms with Gasteiger partial charge in [0.1, 0.15) is 24.0 Å². The van der Waals surface area contributed by atoms with Crippen LogP contribution in [-0.2, 0) is 13.0 Å². The molecule has 33 heavy (non-hydrogen) atoms. The van der Waals surface area contributed by atoms with Crippen LogP contribution in [-0.4, -0.2) is 15.9 Å². The molecule has 4 rings (SSSR count). The van der Waals surface area contributed by atoms with Gasteiger partial charge in [-0.2, -0.15) is 9.78 Å². The predicted octanol–water partition coefficient (Wildman–Crippen LogP) is 6.47. The molecule has 1 heterocycles. The lowest BCUT2D eigenvalue weighted by molar-refractivity contribution is 0.304. The molecule has 0 aliphatic carbocycles. The monoisotopic (exact) mass is 571 g/mol. The van der Waals surface area contributed by atoms with Crippen LogP contribution in [0.25, 0.3) is 10.9 Å². The molecular formula is C25H20Br2FN3O2. The number of aryl methyl sites for hydroxylation is 1. The van der Waals surface area contributed by atoms with Gasteiger partial charge in [-0.15, -0.1) is 0 Å². The number of rotatable bonds is 7. The third-order valence-corrected chi connectivity index (χ3v) is 6.05. The molecule has 3 aromatic carbocycles. The molecule has 0 aliphatic heterocycles. The second-order valence-corrected chi connectivity index (χ2v) is 9.18. The van der Waals surface area contributed by atoms with Crippen LogP contribution in [0.3, 0.4) is 0 Å². The first kappa shape index (κ1) is 23.3. The van der Waals surface area contributed by atoms with Gasteiger partial charge in [0, 0.05) is 10.9 Å². The SMILES string of the molecule is CCCc1nc2ccc(Br)cc2c(=O)n1N=Cc1ccc(OCc2ccc(F)cc2)c(Br)c1. The summed E-state index contributed by atoms with van der Waals surface area (Å²) in [5.41, 5.74) is 2.11. The fourth-order valence-electron chi connectivity index (χ4n) is 3.28. The predicted molar refractivity (Wildman–Crippen MR) is 136 cm³/mol. The summed E-state index contributed by atoms with van der Waals surface area (Å²) in [6, 6.07) is 17.2. The molecule has 4 aromatic rings. The van der Waals surface area contributed by atoms with Crippen LogP contribution in [0.4, 0.5) is 4.39 Å². The standard InChI is InChI=1S/C25H20Br2FN3O2/c1-2-3-24-30-22-10-7-18(26)13-20(22)25(32)31(24)29-14-17-6-11-23(21(27)12-17)33-15-16-4-8-19(28)9-5-16/h4-14H,2-3,15H2,1H3. The van der Waals surface area contributed by atoms with Crippen LogP contribution in [0, 0.1) is 5.82 Å². The highest BCUT2D eigenvalue weighted by Crippen LogP contribution is 2.26. The number of benzene rings is 3. The average Bonchev–Trinajstić information content (AvgIpc) is 2.80. The Morgan fingerprint density at radius 1 is 1.09 bits per heavy atom. The van der Waals surface area contributed by atoms with Crippen molar-refractivity contribution < 1.29 is 9.13 Å². The number of hydrogen-bond donors (Lipinski definition) is 0. The van der Waals surface area contributed by atoms with Crippen molar-refractivity contribution in [2.45, 2.75) is 26.4 Å². The van der Waals surface area contributed by atoms with Crippen molar-refractivity contribution in [3.8, 4) is 5.75 Å². The quantitative estimate of drug-likeness (QED) is 0.238. The van der Waals surface area contributed by atoms with Gasteiger partial charge in [0.2, 0.25) is 0 Å². The van der Waals surface area contributed by atoms with Crippen LogP contribution in [0.1, 0.15) is 30.3 Å². The molecule has 0 bridgehead atoms. The van der Waals surface area contributed by atoms with E-state index in [1.54, 1.807) is 24.4 Å². The van der Waals surface area contributed by atoms with E-state index in [0.717, 1.165) is 26.5 Å². The van der Waals surface area contributed by atoms with Crippen LogP contribution in [0.15, 0.2) is 79.5 Å². The van der Waals surface area contributed by atoms with Gasteiger partial charge in [0.05, 0.1) is 21.6 Å². The summed E-state index contributed by atoms with van der Waals surface area (Å²) in [5.74, 6) is 0.989. The summed E-state index contributed by atoms with van der Waals surface area (Å²) < 4.78 is 21.8. The first-order valence-electron chi connectivity index (χ1n) is 10.4.